The van der Waals surface area contributed by atoms with Crippen LogP contribution in [-0.2, 0) is 32.7 Å². The third-order valence-corrected chi connectivity index (χ3v) is 9.70. The first-order valence-electron chi connectivity index (χ1n) is 21.1. The summed E-state index contributed by atoms with van der Waals surface area (Å²) in [6.07, 6.45) is 40.8. The number of hydrogen-bond donors (Lipinski definition) is 3. The molecule has 3 N–H and O–H groups in total. The van der Waals surface area contributed by atoms with Crippen LogP contribution in [0.5, 0.6) is 0 Å². The van der Waals surface area contributed by atoms with Crippen LogP contribution in [0, 0.1) is 0 Å². The molecule has 0 aromatic carbocycles. The van der Waals surface area contributed by atoms with Crippen molar-refractivity contribution in [3.05, 3.63) is 48.6 Å². The van der Waals surface area contributed by atoms with Crippen LogP contribution in [-0.4, -0.2) is 65.7 Å². The van der Waals surface area contributed by atoms with E-state index in [0.717, 1.165) is 77.0 Å². The highest BCUT2D eigenvalue weighted by Crippen LogP contribution is 2.43. The number of phosphoric ester groups is 1. The topological polar surface area (TPSA) is 149 Å². The van der Waals surface area contributed by atoms with E-state index >= 15 is 0 Å². The fourth-order valence-corrected chi connectivity index (χ4v) is 6.26. The molecule has 0 rings (SSSR count). The van der Waals surface area contributed by atoms with Gasteiger partial charge in [0, 0.05) is 12.8 Å². The largest absolute Gasteiger partial charge is 0.472 e. The molecule has 3 unspecified atom stereocenters. The normalized spacial score (nSPS) is 14.4. The van der Waals surface area contributed by atoms with Crippen LogP contribution in [0.15, 0.2) is 48.6 Å². The van der Waals surface area contributed by atoms with Crippen molar-refractivity contribution in [2.45, 2.75) is 187 Å². The number of rotatable bonds is 39. The third kappa shape index (κ3) is 36.9. The predicted molar refractivity (Wildman–Crippen MR) is 219 cm³/mol. The maximum Gasteiger partial charge on any atom is 0.472 e. The van der Waals surface area contributed by atoms with E-state index in [1.54, 1.807) is 0 Å². The molecule has 0 aromatic rings. The first-order chi connectivity index (χ1) is 26.3. The lowest BCUT2D eigenvalue weighted by Crippen LogP contribution is -2.28. The van der Waals surface area contributed by atoms with Crippen LogP contribution in [0.25, 0.3) is 0 Å². The highest BCUT2D eigenvalue weighted by atomic mass is 31.2. The molecule has 0 aromatic heterocycles. The van der Waals surface area contributed by atoms with Crippen molar-refractivity contribution in [1.29, 1.82) is 0 Å². The molecule has 0 fully saturated rings. The van der Waals surface area contributed by atoms with Crippen LogP contribution in [0.3, 0.4) is 0 Å². The molecule has 54 heavy (non-hydrogen) atoms. The standard InChI is InChI=1S/C43H77O10P/c1-3-5-7-9-11-13-15-17-18-19-20-21-23-25-27-29-31-33-35-43(47)53-41(37-45)39-51-54(48,49)50-38-40(36-44)52-42(46)34-32-30-28-26-24-22-16-14-12-10-8-6-4-2/h8,10,13-16,18-19,40-41,44-45H,3-7,9,11-12,17,20-39H2,1-2H3,(H,48,49)/b10-8-,15-13-,16-14-,19-18-. The molecule has 0 aliphatic carbocycles. The second-order valence-corrected chi connectivity index (χ2v) is 15.4. The quantitative estimate of drug-likeness (QED) is 0.0238. The van der Waals surface area contributed by atoms with Crippen LogP contribution < -0.4 is 0 Å². The Kier molecular flexibility index (Phi) is 37.7. The lowest BCUT2D eigenvalue weighted by Gasteiger charge is -2.20. The number of aliphatic hydroxyl groups is 2. The minimum atomic E-state index is -4.64. The van der Waals surface area contributed by atoms with Crippen molar-refractivity contribution in [1.82, 2.24) is 0 Å². The molecule has 314 valence electrons. The predicted octanol–water partition coefficient (Wildman–Crippen LogP) is 10.9. The number of aliphatic hydroxyl groups excluding tert-OH is 2. The average molecular weight is 785 g/mol. The van der Waals surface area contributed by atoms with Crippen molar-refractivity contribution in [3.8, 4) is 0 Å². The van der Waals surface area contributed by atoms with E-state index in [9.17, 15) is 29.3 Å². The average Bonchev–Trinajstić information content (AvgIpc) is 3.16. The van der Waals surface area contributed by atoms with E-state index in [-0.39, 0.29) is 12.8 Å². The van der Waals surface area contributed by atoms with Gasteiger partial charge in [-0.1, -0.05) is 140 Å². The summed E-state index contributed by atoms with van der Waals surface area (Å²) in [6.45, 7) is 2.09. The Bertz CT molecular complexity index is 1040. The summed E-state index contributed by atoms with van der Waals surface area (Å²) < 4.78 is 32.5. The molecule has 0 aliphatic heterocycles. The van der Waals surface area contributed by atoms with Gasteiger partial charge in [-0.2, -0.15) is 0 Å². The fourth-order valence-electron chi connectivity index (χ4n) is 5.48. The van der Waals surface area contributed by atoms with E-state index < -0.39 is 58.4 Å². The Morgan fingerprint density at radius 3 is 1.22 bits per heavy atom. The first-order valence-corrected chi connectivity index (χ1v) is 22.6. The zero-order chi connectivity index (χ0) is 39.8. The van der Waals surface area contributed by atoms with Gasteiger partial charge in [-0.15, -0.1) is 0 Å². The van der Waals surface area contributed by atoms with Gasteiger partial charge in [-0.05, 0) is 70.6 Å². The highest BCUT2D eigenvalue weighted by Gasteiger charge is 2.27. The molecule has 10 nitrogen and oxygen atoms in total. The monoisotopic (exact) mass is 785 g/mol. The molecular formula is C43H77O10P. The van der Waals surface area contributed by atoms with Crippen molar-refractivity contribution in [2.24, 2.45) is 0 Å². The van der Waals surface area contributed by atoms with E-state index in [1.165, 1.54) is 57.8 Å². The SMILES string of the molecule is CCC/C=C\C/C=C\CCCCCCCC(=O)OC(CO)COP(=O)(O)OCC(CO)OC(=O)CCCCCCCCC/C=C\C/C=C\CCCCCC. The van der Waals surface area contributed by atoms with Gasteiger partial charge in [0.2, 0.25) is 0 Å². The van der Waals surface area contributed by atoms with Crippen LogP contribution in [0.1, 0.15) is 174 Å². The van der Waals surface area contributed by atoms with Gasteiger partial charge < -0.3 is 24.6 Å². The maximum atomic E-state index is 12.3. The Balaban J connectivity index is 3.96. The zero-order valence-electron chi connectivity index (χ0n) is 33.9. The Morgan fingerprint density at radius 1 is 0.500 bits per heavy atom. The van der Waals surface area contributed by atoms with Crippen LogP contribution in [0.2, 0.25) is 0 Å². The summed E-state index contributed by atoms with van der Waals surface area (Å²) in [5, 5.41) is 19.1. The van der Waals surface area contributed by atoms with Gasteiger partial charge in [0.25, 0.3) is 0 Å². The summed E-state index contributed by atoms with van der Waals surface area (Å²) in [6, 6.07) is 0. The van der Waals surface area contributed by atoms with Crippen molar-refractivity contribution < 1.29 is 47.8 Å². The van der Waals surface area contributed by atoms with Crippen LogP contribution in [0.4, 0.5) is 0 Å². The molecule has 0 amide bonds. The first kappa shape index (κ1) is 51.9. The smallest absolute Gasteiger partial charge is 0.457 e. The lowest BCUT2D eigenvalue weighted by molar-refractivity contribution is -0.153. The molecule has 11 heteroatoms. The summed E-state index contributed by atoms with van der Waals surface area (Å²) >= 11 is 0. The van der Waals surface area contributed by atoms with Gasteiger partial charge in [0.1, 0.15) is 12.2 Å². The van der Waals surface area contributed by atoms with E-state index in [0.29, 0.717) is 12.8 Å². The molecule has 0 heterocycles. The number of phosphoric acid groups is 1. The number of carbonyl (C=O) groups excluding carboxylic acids is 2. The zero-order valence-corrected chi connectivity index (χ0v) is 34.8. The number of esters is 2. The fraction of sp³-hybridized carbons (Fsp3) is 0.767. The van der Waals surface area contributed by atoms with E-state index in [1.807, 2.05) is 0 Å². The molecule has 0 radical (unpaired) electrons. The number of hydrogen-bond acceptors (Lipinski definition) is 9. The maximum absolute atomic E-state index is 12.3. The summed E-state index contributed by atoms with van der Waals surface area (Å²) in [5.41, 5.74) is 0. The number of ether oxygens (including phenoxy) is 2. The van der Waals surface area contributed by atoms with Gasteiger partial charge >= 0.3 is 19.8 Å². The highest BCUT2D eigenvalue weighted by molar-refractivity contribution is 7.47. The molecule has 0 bridgehead atoms. The lowest BCUT2D eigenvalue weighted by atomic mass is 10.1. The number of carbonyl (C=O) groups is 2. The molecule has 0 aliphatic rings. The molecular weight excluding hydrogens is 707 g/mol. The van der Waals surface area contributed by atoms with Crippen molar-refractivity contribution in [3.63, 3.8) is 0 Å². The molecule has 0 spiro atoms. The molecule has 0 saturated heterocycles. The van der Waals surface area contributed by atoms with E-state index in [4.69, 9.17) is 18.5 Å². The second kappa shape index (κ2) is 39.2. The molecule has 0 saturated carbocycles. The number of allylic oxidation sites excluding steroid dienone is 8. The van der Waals surface area contributed by atoms with Gasteiger partial charge in [-0.3, -0.25) is 18.6 Å². The summed E-state index contributed by atoms with van der Waals surface area (Å²) in [5.74, 6) is -1.04. The molecule has 3 atom stereocenters. The van der Waals surface area contributed by atoms with Crippen LogP contribution >= 0.6 is 7.82 Å². The van der Waals surface area contributed by atoms with Gasteiger partial charge in [-0.25, -0.2) is 4.57 Å². The Hall–Kier alpha value is -2.07. The summed E-state index contributed by atoms with van der Waals surface area (Å²) in [4.78, 5) is 34.5. The summed E-state index contributed by atoms with van der Waals surface area (Å²) in [7, 11) is -4.64. The van der Waals surface area contributed by atoms with Crippen molar-refractivity contribution in [2.75, 3.05) is 26.4 Å². The minimum Gasteiger partial charge on any atom is -0.457 e. The van der Waals surface area contributed by atoms with Gasteiger partial charge in [0.15, 0.2) is 0 Å². The Morgan fingerprint density at radius 2 is 0.852 bits per heavy atom. The Labute approximate surface area is 328 Å². The second-order valence-electron chi connectivity index (χ2n) is 14.0. The van der Waals surface area contributed by atoms with Gasteiger partial charge in [0.05, 0.1) is 26.4 Å². The van der Waals surface area contributed by atoms with Crippen molar-refractivity contribution >= 4 is 19.8 Å². The third-order valence-electron chi connectivity index (χ3n) is 8.74. The number of unbranched alkanes of at least 4 members (excludes halogenated alkanes) is 17. The minimum absolute atomic E-state index is 0.174. The van der Waals surface area contributed by atoms with E-state index in [2.05, 4.69) is 62.5 Å².